The maximum atomic E-state index is 9.05. The van der Waals surface area contributed by atoms with Crippen molar-refractivity contribution in [1.82, 2.24) is 0 Å². The number of hydrogen-bond acceptors (Lipinski definition) is 3. The quantitative estimate of drug-likeness (QED) is 0.780. The van der Waals surface area contributed by atoms with Crippen molar-refractivity contribution in [3.63, 3.8) is 0 Å². The molecule has 2 rings (SSSR count). The third kappa shape index (κ3) is 1.90. The Bertz CT molecular complexity index is 562. The molecule has 16 heavy (non-hydrogen) atoms. The predicted octanol–water partition coefficient (Wildman–Crippen LogP) is 3.83. The van der Waals surface area contributed by atoms with Crippen molar-refractivity contribution in [3.8, 4) is 16.5 Å². The summed E-state index contributed by atoms with van der Waals surface area (Å²) >= 11 is 7.49. The maximum Gasteiger partial charge on any atom is 0.0999 e. The van der Waals surface area contributed by atoms with Crippen LogP contribution in [-0.2, 0) is 0 Å². The van der Waals surface area contributed by atoms with Crippen LogP contribution in [0.2, 0.25) is 4.34 Å². The molecule has 0 saturated carbocycles. The molecule has 0 saturated heterocycles. The Morgan fingerprint density at radius 3 is 2.69 bits per heavy atom. The zero-order valence-corrected chi connectivity index (χ0v) is 10.2. The molecular weight excluding hydrogens is 240 g/mol. The summed E-state index contributed by atoms with van der Waals surface area (Å²) in [5.41, 5.74) is 8.74. The highest BCUT2D eigenvalue weighted by Gasteiger charge is 2.09. The molecule has 80 valence electrons. The largest absolute Gasteiger partial charge is 0.399 e. The smallest absolute Gasteiger partial charge is 0.0999 e. The molecule has 0 atom stereocenters. The fourth-order valence-electron chi connectivity index (χ4n) is 1.46. The average molecular weight is 249 g/mol. The number of nitrogens with two attached hydrogens (primary N) is 1. The van der Waals surface area contributed by atoms with Crippen molar-refractivity contribution in [3.05, 3.63) is 39.7 Å². The van der Waals surface area contributed by atoms with Gasteiger partial charge in [-0.2, -0.15) is 5.26 Å². The first kappa shape index (κ1) is 11.0. The van der Waals surface area contributed by atoms with Gasteiger partial charge in [-0.15, -0.1) is 11.3 Å². The second-order valence-corrected chi connectivity index (χ2v) is 5.14. The molecule has 0 fully saturated rings. The molecule has 0 aliphatic rings. The SMILES string of the molecule is Cc1cc(-c2ccc(N)cc2C#N)sc1Cl. The van der Waals surface area contributed by atoms with Crippen molar-refractivity contribution in [1.29, 1.82) is 5.26 Å². The molecule has 0 aliphatic heterocycles. The minimum Gasteiger partial charge on any atom is -0.399 e. The summed E-state index contributed by atoms with van der Waals surface area (Å²) in [5, 5.41) is 9.05. The number of nitriles is 1. The monoisotopic (exact) mass is 248 g/mol. The highest BCUT2D eigenvalue weighted by atomic mass is 35.5. The van der Waals surface area contributed by atoms with Crippen LogP contribution in [0.4, 0.5) is 5.69 Å². The number of nitrogens with zero attached hydrogens (tertiary/aromatic N) is 1. The van der Waals surface area contributed by atoms with E-state index in [0.29, 0.717) is 11.3 Å². The second-order valence-electron chi connectivity index (χ2n) is 3.48. The zero-order valence-electron chi connectivity index (χ0n) is 8.62. The summed E-state index contributed by atoms with van der Waals surface area (Å²) in [7, 11) is 0. The highest BCUT2D eigenvalue weighted by Crippen LogP contribution is 2.36. The summed E-state index contributed by atoms with van der Waals surface area (Å²) in [5.74, 6) is 0. The summed E-state index contributed by atoms with van der Waals surface area (Å²) in [6.07, 6.45) is 0. The number of hydrogen-bond donors (Lipinski definition) is 1. The van der Waals surface area contributed by atoms with E-state index in [-0.39, 0.29) is 0 Å². The second kappa shape index (κ2) is 4.17. The van der Waals surface area contributed by atoms with Crippen LogP contribution in [0.25, 0.3) is 10.4 Å². The van der Waals surface area contributed by atoms with Gasteiger partial charge in [0, 0.05) is 16.1 Å². The minimum atomic E-state index is 0.581. The fraction of sp³-hybridized carbons (Fsp3) is 0.0833. The Hall–Kier alpha value is -1.50. The maximum absolute atomic E-state index is 9.05. The van der Waals surface area contributed by atoms with E-state index >= 15 is 0 Å². The number of rotatable bonds is 1. The van der Waals surface area contributed by atoms with Gasteiger partial charge in [-0.05, 0) is 30.7 Å². The number of halogens is 1. The van der Waals surface area contributed by atoms with Gasteiger partial charge in [0.25, 0.3) is 0 Å². The number of anilines is 1. The van der Waals surface area contributed by atoms with Crippen molar-refractivity contribution >= 4 is 28.6 Å². The molecule has 0 radical (unpaired) electrons. The molecule has 0 amide bonds. The first-order chi connectivity index (χ1) is 7.61. The van der Waals surface area contributed by atoms with Gasteiger partial charge in [-0.1, -0.05) is 17.7 Å². The number of thiophene rings is 1. The van der Waals surface area contributed by atoms with Gasteiger partial charge in [-0.3, -0.25) is 0 Å². The lowest BCUT2D eigenvalue weighted by molar-refractivity contribution is 1.48. The third-order valence-corrected chi connectivity index (χ3v) is 3.88. The lowest BCUT2D eigenvalue weighted by atomic mass is 10.1. The van der Waals surface area contributed by atoms with Gasteiger partial charge >= 0.3 is 0 Å². The minimum absolute atomic E-state index is 0.581. The molecule has 1 heterocycles. The molecule has 0 bridgehead atoms. The Balaban J connectivity index is 2.60. The molecule has 0 spiro atoms. The standard InChI is InChI=1S/C12H9ClN2S/c1-7-4-11(16-12(7)13)10-3-2-9(15)5-8(10)6-14/h2-5H,15H2,1H3. The van der Waals surface area contributed by atoms with Crippen LogP contribution >= 0.6 is 22.9 Å². The number of aryl methyl sites for hydroxylation is 1. The number of benzene rings is 1. The van der Waals surface area contributed by atoms with E-state index in [2.05, 4.69) is 6.07 Å². The molecule has 2 nitrogen and oxygen atoms in total. The first-order valence-corrected chi connectivity index (χ1v) is 5.87. The topological polar surface area (TPSA) is 49.8 Å². The molecule has 0 unspecified atom stereocenters. The fourth-order valence-corrected chi connectivity index (χ4v) is 2.70. The van der Waals surface area contributed by atoms with E-state index in [1.807, 2.05) is 19.1 Å². The molecular formula is C12H9ClN2S. The van der Waals surface area contributed by atoms with Crippen molar-refractivity contribution in [2.24, 2.45) is 0 Å². The summed E-state index contributed by atoms with van der Waals surface area (Å²) in [6, 6.07) is 9.46. The van der Waals surface area contributed by atoms with E-state index in [9.17, 15) is 0 Å². The lowest BCUT2D eigenvalue weighted by Gasteiger charge is -2.01. The van der Waals surface area contributed by atoms with Gasteiger partial charge in [0.05, 0.1) is 16.0 Å². The third-order valence-electron chi connectivity index (χ3n) is 2.29. The van der Waals surface area contributed by atoms with Gasteiger partial charge in [-0.25, -0.2) is 0 Å². The van der Waals surface area contributed by atoms with E-state index in [1.54, 1.807) is 12.1 Å². The summed E-state index contributed by atoms with van der Waals surface area (Å²) in [6.45, 7) is 1.95. The van der Waals surface area contributed by atoms with E-state index in [1.165, 1.54) is 11.3 Å². The van der Waals surface area contributed by atoms with Crippen molar-refractivity contribution in [2.75, 3.05) is 5.73 Å². The van der Waals surface area contributed by atoms with Crippen molar-refractivity contribution < 1.29 is 0 Å². The molecule has 2 N–H and O–H groups in total. The zero-order chi connectivity index (χ0) is 11.7. The van der Waals surface area contributed by atoms with Crippen LogP contribution in [0.15, 0.2) is 24.3 Å². The van der Waals surface area contributed by atoms with Gasteiger partial charge in [0.1, 0.15) is 0 Å². The Morgan fingerprint density at radius 2 is 2.12 bits per heavy atom. The normalized spacial score (nSPS) is 10.1. The lowest BCUT2D eigenvalue weighted by Crippen LogP contribution is -1.88. The van der Waals surface area contributed by atoms with Crippen LogP contribution in [0.1, 0.15) is 11.1 Å². The van der Waals surface area contributed by atoms with Crippen LogP contribution in [-0.4, -0.2) is 0 Å². The summed E-state index contributed by atoms with van der Waals surface area (Å²) < 4.78 is 0.760. The van der Waals surface area contributed by atoms with Crippen LogP contribution in [0.5, 0.6) is 0 Å². The van der Waals surface area contributed by atoms with E-state index in [4.69, 9.17) is 22.6 Å². The van der Waals surface area contributed by atoms with Gasteiger partial charge in [0.15, 0.2) is 0 Å². The van der Waals surface area contributed by atoms with Crippen molar-refractivity contribution in [2.45, 2.75) is 6.92 Å². The Morgan fingerprint density at radius 1 is 1.38 bits per heavy atom. The van der Waals surface area contributed by atoms with E-state index in [0.717, 1.165) is 20.3 Å². The Labute approximate surface area is 103 Å². The number of nitrogen functional groups attached to an aromatic ring is 1. The molecule has 4 heteroatoms. The van der Waals surface area contributed by atoms with Gasteiger partial charge < -0.3 is 5.73 Å². The van der Waals surface area contributed by atoms with Gasteiger partial charge in [0.2, 0.25) is 0 Å². The molecule has 1 aromatic carbocycles. The van der Waals surface area contributed by atoms with E-state index < -0.39 is 0 Å². The highest BCUT2D eigenvalue weighted by molar-refractivity contribution is 7.19. The van der Waals surface area contributed by atoms with Crippen LogP contribution in [0.3, 0.4) is 0 Å². The summed E-state index contributed by atoms with van der Waals surface area (Å²) in [4.78, 5) is 0.999. The molecule has 0 aliphatic carbocycles. The molecule has 2 aromatic rings. The predicted molar refractivity (Wildman–Crippen MR) is 68.6 cm³/mol. The van der Waals surface area contributed by atoms with Crippen LogP contribution in [0, 0.1) is 18.3 Å². The Kier molecular flexibility index (Phi) is 2.86. The molecule has 1 aromatic heterocycles. The first-order valence-electron chi connectivity index (χ1n) is 4.67. The average Bonchev–Trinajstić information content (AvgIpc) is 2.59. The van der Waals surface area contributed by atoms with Crippen LogP contribution < -0.4 is 5.73 Å².